The number of benzene rings is 9. The van der Waals surface area contributed by atoms with Crippen molar-refractivity contribution in [3.05, 3.63) is 241 Å². The predicted molar refractivity (Wildman–Crippen MR) is 248 cm³/mol. The van der Waals surface area contributed by atoms with E-state index in [1.807, 2.05) is 30.3 Å². The van der Waals surface area contributed by atoms with Gasteiger partial charge >= 0.3 is 0 Å². The topological polar surface area (TPSA) is 51.1 Å². The van der Waals surface area contributed by atoms with E-state index in [4.69, 9.17) is 19.7 Å². The third-order valence-corrected chi connectivity index (χ3v) is 11.5. The number of para-hydroxylation sites is 3. The first kappa shape index (κ1) is 36.0. The van der Waals surface area contributed by atoms with Gasteiger partial charge in [-0.1, -0.05) is 158 Å². The van der Waals surface area contributed by atoms with Crippen LogP contribution in [0.25, 0.3) is 56.1 Å². The molecule has 0 saturated heterocycles. The van der Waals surface area contributed by atoms with Gasteiger partial charge in [0.25, 0.3) is 0 Å². The van der Waals surface area contributed by atoms with E-state index < -0.39 is 0 Å². The lowest BCUT2D eigenvalue weighted by Gasteiger charge is -2.25. The fourth-order valence-electron chi connectivity index (χ4n) is 8.58. The zero-order valence-electron chi connectivity index (χ0n) is 33.1. The first-order chi connectivity index (χ1) is 30.2. The zero-order valence-corrected chi connectivity index (χ0v) is 33.1. The molecule has 0 saturated carbocycles. The first-order valence-corrected chi connectivity index (χ1v) is 20.6. The number of hydrogen-bond donors (Lipinski definition) is 0. The van der Waals surface area contributed by atoms with E-state index in [0.717, 1.165) is 67.2 Å². The van der Waals surface area contributed by atoms with Crippen LogP contribution < -0.4 is 9.64 Å². The molecule has 0 amide bonds. The Morgan fingerprint density at radius 3 is 1.41 bits per heavy atom. The van der Waals surface area contributed by atoms with Crippen molar-refractivity contribution in [2.45, 2.75) is 5.92 Å². The van der Waals surface area contributed by atoms with E-state index in [2.05, 4.69) is 199 Å². The molecule has 0 aliphatic carbocycles. The van der Waals surface area contributed by atoms with Gasteiger partial charge in [0.05, 0.1) is 0 Å². The summed E-state index contributed by atoms with van der Waals surface area (Å²) in [6, 6.07) is 78.1. The van der Waals surface area contributed by atoms with Crippen LogP contribution >= 0.6 is 0 Å². The Balaban J connectivity index is 1.04. The Morgan fingerprint density at radius 2 is 0.803 bits per heavy atom. The minimum absolute atomic E-state index is 0.0794. The average molecular weight is 783 g/mol. The maximum absolute atomic E-state index is 6.46. The van der Waals surface area contributed by atoms with Gasteiger partial charge in [-0.3, -0.25) is 0 Å². The maximum atomic E-state index is 6.46. The molecule has 9 aromatic carbocycles. The number of nitrogens with zero attached hydrogens (tertiary/aromatic N) is 4. The van der Waals surface area contributed by atoms with Crippen molar-refractivity contribution in [1.82, 2.24) is 15.0 Å². The van der Waals surface area contributed by atoms with Gasteiger partial charge in [-0.05, 0) is 94.4 Å². The molecule has 5 heteroatoms. The van der Waals surface area contributed by atoms with Crippen LogP contribution in [0.2, 0.25) is 0 Å². The minimum Gasteiger partial charge on any atom is -0.456 e. The number of hydrogen-bond acceptors (Lipinski definition) is 5. The molecule has 10 aromatic rings. The van der Waals surface area contributed by atoms with Crippen LogP contribution in [0, 0.1) is 0 Å². The summed E-state index contributed by atoms with van der Waals surface area (Å²) in [7, 11) is 0. The van der Waals surface area contributed by atoms with Gasteiger partial charge in [-0.25, -0.2) is 15.0 Å². The maximum Gasteiger partial charge on any atom is 0.164 e. The standard InChI is InChI=1S/C56H38N4O/c1-5-16-38(17-6-1)52(39-18-7-2-8-19-39)40-28-30-41(31-29-40)54-57-55(42-32-34-45(35-33-42)60(43-20-9-3-10-21-43)44-22-11-4-12-23-44)59-56(58-54)49-36-37-51-53-47(25-15-26-48(49)53)46-24-13-14-27-50(46)61-51/h1-37,52H. The Labute approximate surface area is 354 Å². The fraction of sp³-hybridized carbons (Fsp3) is 0.0179. The van der Waals surface area contributed by atoms with Gasteiger partial charge < -0.3 is 9.64 Å². The summed E-state index contributed by atoms with van der Waals surface area (Å²) in [5.41, 5.74) is 11.8. The van der Waals surface area contributed by atoms with Crippen LogP contribution in [0.4, 0.5) is 17.1 Å². The van der Waals surface area contributed by atoms with Crippen LogP contribution in [0.1, 0.15) is 22.6 Å². The molecule has 288 valence electrons. The minimum atomic E-state index is 0.0794. The molecule has 1 aliphatic heterocycles. The van der Waals surface area contributed by atoms with Crippen LogP contribution in [-0.4, -0.2) is 15.0 Å². The van der Waals surface area contributed by atoms with Gasteiger partial charge in [0, 0.05) is 50.6 Å². The lowest BCUT2D eigenvalue weighted by Crippen LogP contribution is -2.09. The third-order valence-electron chi connectivity index (χ3n) is 11.5. The molecule has 2 heterocycles. The Bertz CT molecular complexity index is 2910. The smallest absolute Gasteiger partial charge is 0.164 e. The van der Waals surface area contributed by atoms with Gasteiger partial charge in [0.15, 0.2) is 17.5 Å². The summed E-state index contributed by atoms with van der Waals surface area (Å²) in [5, 5.41) is 2.07. The third kappa shape index (κ3) is 6.78. The van der Waals surface area contributed by atoms with Crippen molar-refractivity contribution >= 4 is 27.8 Å². The SMILES string of the molecule is c1ccc(C(c2ccccc2)c2ccc(-c3nc(-c4ccc(N(c5ccccc5)c5ccccc5)cc4)nc(-c4ccc5c6c(cccc46)-c4ccccc4O5)n3)cc2)cc1. The summed E-state index contributed by atoms with van der Waals surface area (Å²) in [6.45, 7) is 0. The molecule has 11 rings (SSSR count). The molecular formula is C56H38N4O. The second kappa shape index (κ2) is 15.6. The molecule has 5 nitrogen and oxygen atoms in total. The average Bonchev–Trinajstić information content (AvgIpc) is 3.34. The van der Waals surface area contributed by atoms with Crippen LogP contribution in [0.5, 0.6) is 11.5 Å². The van der Waals surface area contributed by atoms with Crippen LogP contribution in [0.15, 0.2) is 224 Å². The molecule has 61 heavy (non-hydrogen) atoms. The second-order valence-electron chi connectivity index (χ2n) is 15.2. The van der Waals surface area contributed by atoms with Gasteiger partial charge in [0.2, 0.25) is 0 Å². The van der Waals surface area contributed by atoms with E-state index in [0.29, 0.717) is 17.5 Å². The lowest BCUT2D eigenvalue weighted by molar-refractivity contribution is 0.487. The molecule has 1 aliphatic rings. The molecule has 0 N–H and O–H groups in total. The summed E-state index contributed by atoms with van der Waals surface area (Å²) < 4.78 is 6.46. The number of aromatic nitrogens is 3. The Kier molecular flexibility index (Phi) is 9.17. The number of rotatable bonds is 9. The van der Waals surface area contributed by atoms with E-state index >= 15 is 0 Å². The number of fused-ring (bicyclic) bond motifs is 2. The highest BCUT2D eigenvalue weighted by Crippen LogP contribution is 2.48. The summed E-state index contributed by atoms with van der Waals surface area (Å²) >= 11 is 0. The molecule has 0 fully saturated rings. The first-order valence-electron chi connectivity index (χ1n) is 20.6. The molecule has 0 atom stereocenters. The molecular weight excluding hydrogens is 745 g/mol. The number of ether oxygens (including phenoxy) is 1. The lowest BCUT2D eigenvalue weighted by atomic mass is 9.85. The van der Waals surface area contributed by atoms with E-state index in [1.54, 1.807) is 0 Å². The Hall–Kier alpha value is -8.15. The Morgan fingerprint density at radius 1 is 0.328 bits per heavy atom. The van der Waals surface area contributed by atoms with Crippen molar-refractivity contribution in [1.29, 1.82) is 0 Å². The number of anilines is 3. The van der Waals surface area contributed by atoms with Gasteiger partial charge in [-0.2, -0.15) is 0 Å². The highest BCUT2D eigenvalue weighted by molar-refractivity contribution is 6.09. The van der Waals surface area contributed by atoms with Crippen molar-refractivity contribution in [2.24, 2.45) is 0 Å². The highest BCUT2D eigenvalue weighted by atomic mass is 16.5. The molecule has 0 bridgehead atoms. The monoisotopic (exact) mass is 782 g/mol. The fourth-order valence-corrected chi connectivity index (χ4v) is 8.58. The predicted octanol–water partition coefficient (Wildman–Crippen LogP) is 14.4. The van der Waals surface area contributed by atoms with E-state index in [-0.39, 0.29) is 5.92 Å². The van der Waals surface area contributed by atoms with Crippen molar-refractivity contribution in [3.63, 3.8) is 0 Å². The van der Waals surface area contributed by atoms with E-state index in [9.17, 15) is 0 Å². The van der Waals surface area contributed by atoms with Crippen LogP contribution in [-0.2, 0) is 0 Å². The molecule has 1 aromatic heterocycles. The van der Waals surface area contributed by atoms with Crippen LogP contribution in [0.3, 0.4) is 0 Å². The second-order valence-corrected chi connectivity index (χ2v) is 15.2. The molecule has 0 unspecified atom stereocenters. The van der Waals surface area contributed by atoms with Crippen molar-refractivity contribution in [3.8, 4) is 56.8 Å². The summed E-state index contributed by atoms with van der Waals surface area (Å²) in [6.07, 6.45) is 0. The van der Waals surface area contributed by atoms with Gasteiger partial charge in [0.1, 0.15) is 11.5 Å². The summed E-state index contributed by atoms with van der Waals surface area (Å²) in [5.74, 6) is 3.54. The van der Waals surface area contributed by atoms with E-state index in [1.165, 1.54) is 16.7 Å². The molecule has 0 radical (unpaired) electrons. The molecule has 0 spiro atoms. The zero-order chi connectivity index (χ0) is 40.5. The van der Waals surface area contributed by atoms with Gasteiger partial charge in [-0.15, -0.1) is 0 Å². The largest absolute Gasteiger partial charge is 0.456 e. The summed E-state index contributed by atoms with van der Waals surface area (Å²) in [4.78, 5) is 17.9. The van der Waals surface area contributed by atoms with Crippen molar-refractivity contribution in [2.75, 3.05) is 4.90 Å². The highest BCUT2D eigenvalue weighted by Gasteiger charge is 2.24. The quantitative estimate of drug-likeness (QED) is 0.137. The normalized spacial score (nSPS) is 11.6. The van der Waals surface area contributed by atoms with Crippen molar-refractivity contribution < 1.29 is 4.74 Å².